The van der Waals surface area contributed by atoms with Crippen LogP contribution in [-0.4, -0.2) is 37.0 Å². The monoisotopic (exact) mass is 564 g/mol. The van der Waals surface area contributed by atoms with E-state index in [1.165, 1.54) is 0 Å². The highest BCUT2D eigenvalue weighted by molar-refractivity contribution is 6.32. The van der Waals surface area contributed by atoms with E-state index in [0.717, 1.165) is 28.3 Å². The van der Waals surface area contributed by atoms with E-state index in [2.05, 4.69) is 16.3 Å². The maximum atomic E-state index is 13.0. The average molecular weight is 566 g/mol. The van der Waals surface area contributed by atoms with E-state index in [0.29, 0.717) is 27.9 Å². The predicted molar refractivity (Wildman–Crippen MR) is 144 cm³/mol. The molecule has 198 valence electrons. The van der Waals surface area contributed by atoms with Crippen LogP contribution in [0.3, 0.4) is 0 Å². The summed E-state index contributed by atoms with van der Waals surface area (Å²) in [6.45, 7) is 6.42. The Morgan fingerprint density at radius 2 is 1.46 bits per heavy atom. The first-order valence-corrected chi connectivity index (χ1v) is 13.3. The van der Waals surface area contributed by atoms with Gasteiger partial charge in [-0.05, 0) is 37.5 Å². The summed E-state index contributed by atoms with van der Waals surface area (Å²) in [5, 5.41) is 21.0. The Morgan fingerprint density at radius 3 is 1.84 bits per heavy atom. The van der Waals surface area contributed by atoms with E-state index < -0.39 is 17.9 Å². The zero-order chi connectivity index (χ0) is 27.3. The van der Waals surface area contributed by atoms with Crippen LogP contribution in [0.5, 0.6) is 0 Å². The van der Waals surface area contributed by atoms with E-state index in [9.17, 15) is 10.1 Å². The van der Waals surface area contributed by atoms with Crippen LogP contribution in [0.15, 0.2) is 24.3 Å². The summed E-state index contributed by atoms with van der Waals surface area (Å²) in [6, 6.07) is 8.58. The molecule has 0 saturated heterocycles. The van der Waals surface area contributed by atoms with Crippen LogP contribution < -0.4 is 0 Å². The van der Waals surface area contributed by atoms with Gasteiger partial charge in [-0.2, -0.15) is 15.5 Å². The van der Waals surface area contributed by atoms with Crippen molar-refractivity contribution in [2.75, 3.05) is 6.61 Å². The summed E-state index contributed by atoms with van der Waals surface area (Å²) in [7, 11) is 3.66. The summed E-state index contributed by atoms with van der Waals surface area (Å²) >= 11 is 19.6. The summed E-state index contributed by atoms with van der Waals surface area (Å²) in [5.41, 5.74) is 3.79. The largest absolute Gasteiger partial charge is 0.465 e. The van der Waals surface area contributed by atoms with Crippen molar-refractivity contribution in [2.45, 2.75) is 52.7 Å². The fraction of sp³-hybridized carbons (Fsp3) is 0.462. The number of aromatic nitrogens is 4. The van der Waals surface area contributed by atoms with Gasteiger partial charge in [-0.3, -0.25) is 19.1 Å². The number of aryl methyl sites for hydroxylation is 4. The number of rotatable bonds is 11. The summed E-state index contributed by atoms with van der Waals surface area (Å²) < 4.78 is 8.78. The lowest BCUT2D eigenvalue weighted by Gasteiger charge is -2.34. The number of esters is 1. The minimum absolute atomic E-state index is 0.158. The number of benzene rings is 1. The minimum atomic E-state index is -1.13. The molecule has 0 aliphatic rings. The highest BCUT2D eigenvalue weighted by Gasteiger charge is 2.37. The molecule has 0 aliphatic carbocycles. The Kier molecular flexibility index (Phi) is 10.0. The zero-order valence-electron chi connectivity index (χ0n) is 21.6. The highest BCUT2D eigenvalue weighted by Crippen LogP contribution is 2.36. The third-order valence-electron chi connectivity index (χ3n) is 6.31. The van der Waals surface area contributed by atoms with Gasteiger partial charge in [0.05, 0.1) is 51.5 Å². The number of carbonyl (C=O) groups is 1. The normalized spacial score (nSPS) is 13.0. The van der Waals surface area contributed by atoms with E-state index >= 15 is 0 Å². The molecule has 0 aliphatic heterocycles. The SMILES string of the molecule is CCOC(=O)C(C#N)C(c1ccc(Cl)cc1)N(Cc1c(Cl)c(CC)nn1C)Cc1c(Cl)c(CC)nn1C. The predicted octanol–water partition coefficient (Wildman–Crippen LogP) is 5.68. The number of ether oxygens (including phenoxy) is 1. The minimum Gasteiger partial charge on any atom is -0.465 e. The number of nitrogens with zero attached hydrogens (tertiary/aromatic N) is 6. The van der Waals surface area contributed by atoms with Crippen LogP contribution in [0, 0.1) is 17.2 Å². The van der Waals surface area contributed by atoms with Gasteiger partial charge in [0, 0.05) is 32.2 Å². The van der Waals surface area contributed by atoms with Crippen molar-refractivity contribution in [3.05, 3.63) is 67.7 Å². The lowest BCUT2D eigenvalue weighted by molar-refractivity contribution is -0.148. The van der Waals surface area contributed by atoms with E-state index in [1.54, 1.807) is 28.4 Å². The average Bonchev–Trinajstić information content (AvgIpc) is 3.31. The van der Waals surface area contributed by atoms with Crippen molar-refractivity contribution in [3.8, 4) is 6.07 Å². The molecular formula is C26H31Cl3N6O2. The lowest BCUT2D eigenvalue weighted by Crippen LogP contribution is -2.37. The van der Waals surface area contributed by atoms with Gasteiger partial charge in [-0.15, -0.1) is 0 Å². The van der Waals surface area contributed by atoms with Gasteiger partial charge in [0.25, 0.3) is 0 Å². The molecule has 37 heavy (non-hydrogen) atoms. The van der Waals surface area contributed by atoms with Gasteiger partial charge in [0.15, 0.2) is 5.92 Å². The Hall–Kier alpha value is -2.57. The van der Waals surface area contributed by atoms with Gasteiger partial charge in [-0.1, -0.05) is 60.8 Å². The number of nitriles is 1. The van der Waals surface area contributed by atoms with Gasteiger partial charge in [0.1, 0.15) is 0 Å². The van der Waals surface area contributed by atoms with Gasteiger partial charge in [0.2, 0.25) is 0 Å². The molecule has 2 unspecified atom stereocenters. The summed E-state index contributed by atoms with van der Waals surface area (Å²) in [4.78, 5) is 15.0. The first kappa shape index (κ1) is 29.0. The maximum Gasteiger partial charge on any atom is 0.325 e. The lowest BCUT2D eigenvalue weighted by atomic mass is 9.91. The second kappa shape index (κ2) is 12.8. The number of halogens is 3. The highest BCUT2D eigenvalue weighted by atomic mass is 35.5. The second-order valence-electron chi connectivity index (χ2n) is 8.63. The topological polar surface area (TPSA) is 89.0 Å². The molecule has 0 bridgehead atoms. The quantitative estimate of drug-likeness (QED) is 0.278. The number of carbonyl (C=O) groups excluding carboxylic acids is 1. The molecule has 1 aromatic carbocycles. The molecule has 8 nitrogen and oxygen atoms in total. The zero-order valence-corrected chi connectivity index (χ0v) is 23.9. The molecule has 3 aromatic rings. The van der Waals surface area contributed by atoms with Gasteiger partial charge >= 0.3 is 5.97 Å². The van der Waals surface area contributed by atoms with Crippen molar-refractivity contribution in [2.24, 2.45) is 20.0 Å². The van der Waals surface area contributed by atoms with E-state index in [-0.39, 0.29) is 19.7 Å². The molecule has 2 atom stereocenters. The van der Waals surface area contributed by atoms with Crippen LogP contribution in [-0.2, 0) is 49.6 Å². The molecule has 3 rings (SSSR count). The van der Waals surface area contributed by atoms with E-state index in [1.807, 2.05) is 45.0 Å². The molecule has 0 amide bonds. The number of hydrogen-bond donors (Lipinski definition) is 0. The molecular weight excluding hydrogens is 535 g/mol. The second-order valence-corrected chi connectivity index (χ2v) is 9.82. The third kappa shape index (κ3) is 6.29. The molecule has 0 saturated carbocycles. The maximum absolute atomic E-state index is 13.0. The Balaban J connectivity index is 2.21. The van der Waals surface area contributed by atoms with Crippen LogP contribution in [0.4, 0.5) is 0 Å². The Labute approximate surface area is 232 Å². The third-order valence-corrected chi connectivity index (χ3v) is 7.44. The first-order chi connectivity index (χ1) is 17.7. The molecule has 2 aromatic heterocycles. The molecule has 2 heterocycles. The van der Waals surface area contributed by atoms with Crippen molar-refractivity contribution >= 4 is 40.8 Å². The summed E-state index contributed by atoms with van der Waals surface area (Å²) in [6.07, 6.45) is 1.34. The standard InChI is InChI=1S/C26H31Cl3N6O2/c1-6-19-23(28)21(33(4)31-19)14-35(15-22-24(29)20(7-2)32-34(22)5)25(16-9-11-17(27)12-10-16)18(13-30)26(36)37-8-3/h9-12,18,25H,6-8,14-15H2,1-5H3. The molecule has 0 radical (unpaired) electrons. The molecule has 0 N–H and O–H groups in total. The van der Waals surface area contributed by atoms with Crippen LogP contribution in [0.25, 0.3) is 0 Å². The van der Waals surface area contributed by atoms with Crippen molar-refractivity contribution in [3.63, 3.8) is 0 Å². The Bertz CT molecular complexity index is 1220. The van der Waals surface area contributed by atoms with Crippen molar-refractivity contribution < 1.29 is 9.53 Å². The number of hydrogen-bond acceptors (Lipinski definition) is 6. The van der Waals surface area contributed by atoms with Crippen LogP contribution in [0.1, 0.15) is 55.2 Å². The smallest absolute Gasteiger partial charge is 0.325 e. The first-order valence-electron chi connectivity index (χ1n) is 12.1. The Morgan fingerprint density at radius 1 is 0.973 bits per heavy atom. The van der Waals surface area contributed by atoms with Crippen molar-refractivity contribution in [1.82, 2.24) is 24.5 Å². The van der Waals surface area contributed by atoms with E-state index in [4.69, 9.17) is 39.5 Å². The molecule has 11 heteroatoms. The van der Waals surface area contributed by atoms with Gasteiger partial charge in [-0.25, -0.2) is 0 Å². The van der Waals surface area contributed by atoms with Gasteiger partial charge < -0.3 is 4.74 Å². The van der Waals surface area contributed by atoms with Crippen molar-refractivity contribution in [1.29, 1.82) is 5.26 Å². The fourth-order valence-corrected chi connectivity index (χ4v) is 5.21. The van der Waals surface area contributed by atoms with Crippen LogP contribution >= 0.6 is 34.8 Å². The van der Waals surface area contributed by atoms with Crippen LogP contribution in [0.2, 0.25) is 15.1 Å². The summed E-state index contributed by atoms with van der Waals surface area (Å²) in [5.74, 6) is -1.73. The molecule has 0 fully saturated rings. The molecule has 0 spiro atoms. The fourth-order valence-electron chi connectivity index (χ4n) is 4.38.